The first-order chi connectivity index (χ1) is 17.9. The number of aryl methyl sites for hydroxylation is 2. The van der Waals surface area contributed by atoms with Gasteiger partial charge in [0, 0.05) is 16.6 Å². The Hall–Kier alpha value is -4.16. The minimum atomic E-state index is -3.52. The summed E-state index contributed by atoms with van der Waals surface area (Å²) in [7, 11) is -3.52. The first-order valence-corrected chi connectivity index (χ1v) is 14.1. The van der Waals surface area contributed by atoms with E-state index in [9.17, 15) is 13.2 Å². The quantitative estimate of drug-likeness (QED) is 0.293. The third-order valence-corrected chi connectivity index (χ3v) is 8.23. The van der Waals surface area contributed by atoms with E-state index in [4.69, 9.17) is 0 Å². The molecule has 0 heterocycles. The lowest BCUT2D eigenvalue weighted by Gasteiger charge is -2.23. The van der Waals surface area contributed by atoms with Crippen LogP contribution in [0.1, 0.15) is 27.0 Å². The normalized spacial score (nSPS) is 12.7. The van der Waals surface area contributed by atoms with Gasteiger partial charge in [-0.15, -0.1) is 0 Å². The van der Waals surface area contributed by atoms with Crippen LogP contribution >= 0.6 is 0 Å². The van der Waals surface area contributed by atoms with Crippen LogP contribution in [0.4, 0.5) is 11.4 Å². The zero-order chi connectivity index (χ0) is 25.6. The topological polar surface area (TPSA) is 66.5 Å². The molecule has 1 aliphatic rings. The van der Waals surface area contributed by atoms with Crippen LogP contribution in [0.5, 0.6) is 0 Å². The molecule has 6 heteroatoms. The van der Waals surface area contributed by atoms with Gasteiger partial charge in [0.25, 0.3) is 5.91 Å². The molecule has 0 fully saturated rings. The lowest BCUT2D eigenvalue weighted by atomic mass is 10.0. The number of nitrogens with one attached hydrogen (secondary N) is 1. The molecule has 0 atom stereocenters. The van der Waals surface area contributed by atoms with Crippen LogP contribution in [0.3, 0.4) is 0 Å². The van der Waals surface area contributed by atoms with Gasteiger partial charge >= 0.3 is 0 Å². The summed E-state index contributed by atoms with van der Waals surface area (Å²) < 4.78 is 26.7. The lowest BCUT2D eigenvalue weighted by molar-refractivity contribution is 0.102. The van der Waals surface area contributed by atoms with Crippen molar-refractivity contribution in [2.45, 2.75) is 19.4 Å². The van der Waals surface area contributed by atoms with Crippen molar-refractivity contribution in [3.05, 3.63) is 119 Å². The number of amides is 1. The van der Waals surface area contributed by atoms with E-state index >= 15 is 0 Å². The third-order valence-electron chi connectivity index (χ3n) is 7.09. The van der Waals surface area contributed by atoms with Crippen LogP contribution in [0.25, 0.3) is 21.5 Å². The Labute approximate surface area is 216 Å². The fourth-order valence-electron chi connectivity index (χ4n) is 5.21. The fourth-order valence-corrected chi connectivity index (χ4v) is 6.09. The van der Waals surface area contributed by atoms with E-state index in [0.29, 0.717) is 11.3 Å². The van der Waals surface area contributed by atoms with Crippen molar-refractivity contribution in [2.75, 3.05) is 15.9 Å². The fraction of sp³-hybridized carbons (Fsp3) is 0.129. The molecular formula is C31H26N2O3S. The Morgan fingerprint density at radius 1 is 0.811 bits per heavy atom. The van der Waals surface area contributed by atoms with Gasteiger partial charge in [0.2, 0.25) is 10.0 Å². The van der Waals surface area contributed by atoms with Gasteiger partial charge in [-0.05, 0) is 76.0 Å². The molecule has 0 unspecified atom stereocenters. The molecule has 0 aliphatic heterocycles. The molecule has 0 saturated carbocycles. The number of benzene rings is 5. The van der Waals surface area contributed by atoms with Gasteiger partial charge in [-0.2, -0.15) is 0 Å². The molecule has 5 aromatic carbocycles. The molecule has 1 N–H and O–H groups in total. The van der Waals surface area contributed by atoms with Crippen LogP contribution in [0.15, 0.2) is 97.1 Å². The van der Waals surface area contributed by atoms with E-state index < -0.39 is 10.0 Å². The predicted octanol–water partition coefficient (Wildman–Crippen LogP) is 6.31. The summed E-state index contributed by atoms with van der Waals surface area (Å²) in [5, 5.41) is 7.41. The Balaban J connectivity index is 1.23. The van der Waals surface area contributed by atoms with Gasteiger partial charge in [-0.25, -0.2) is 8.42 Å². The average molecular weight is 507 g/mol. The number of sulfonamides is 1. The molecule has 0 saturated heterocycles. The molecule has 1 aliphatic carbocycles. The maximum Gasteiger partial charge on any atom is 0.255 e. The van der Waals surface area contributed by atoms with Crippen LogP contribution in [-0.2, 0) is 29.4 Å². The van der Waals surface area contributed by atoms with Crippen molar-refractivity contribution in [3.63, 3.8) is 0 Å². The Morgan fingerprint density at radius 2 is 1.54 bits per heavy atom. The molecule has 0 radical (unpaired) electrons. The second kappa shape index (κ2) is 9.05. The SMILES string of the molecule is CS(=O)(=O)N(Cc1ccc(C(=O)Nc2ccc3c4c(cccc24)CC3)cc1)c1ccc2ccccc2c1. The molecule has 184 valence electrons. The van der Waals surface area contributed by atoms with Crippen molar-refractivity contribution in [1.29, 1.82) is 0 Å². The monoisotopic (exact) mass is 506 g/mol. The summed E-state index contributed by atoms with van der Waals surface area (Å²) in [4.78, 5) is 13.1. The molecule has 6 rings (SSSR count). The Morgan fingerprint density at radius 3 is 2.30 bits per heavy atom. The molecule has 0 aromatic heterocycles. The van der Waals surface area contributed by atoms with Crippen LogP contribution in [0, 0.1) is 0 Å². The van der Waals surface area contributed by atoms with Crippen molar-refractivity contribution in [3.8, 4) is 0 Å². The number of rotatable bonds is 6. The van der Waals surface area contributed by atoms with Crippen molar-refractivity contribution in [1.82, 2.24) is 0 Å². The largest absolute Gasteiger partial charge is 0.321 e. The summed E-state index contributed by atoms with van der Waals surface area (Å²) >= 11 is 0. The summed E-state index contributed by atoms with van der Waals surface area (Å²) in [6, 6.07) is 30.9. The van der Waals surface area contributed by atoms with Gasteiger partial charge in [0.15, 0.2) is 0 Å². The third kappa shape index (κ3) is 4.45. The number of hydrogen-bond donors (Lipinski definition) is 1. The lowest BCUT2D eigenvalue weighted by Crippen LogP contribution is -2.29. The van der Waals surface area contributed by atoms with Gasteiger partial charge in [-0.3, -0.25) is 9.10 Å². The molecule has 0 bridgehead atoms. The highest BCUT2D eigenvalue weighted by molar-refractivity contribution is 7.92. The Bertz CT molecular complexity index is 1770. The summed E-state index contributed by atoms with van der Waals surface area (Å²) in [6.07, 6.45) is 3.28. The number of carbonyl (C=O) groups excluding carboxylic acids is 1. The predicted molar refractivity (Wildman–Crippen MR) is 151 cm³/mol. The van der Waals surface area contributed by atoms with Crippen molar-refractivity contribution >= 4 is 48.9 Å². The highest BCUT2D eigenvalue weighted by Gasteiger charge is 2.20. The van der Waals surface area contributed by atoms with Crippen LogP contribution < -0.4 is 9.62 Å². The summed E-state index contributed by atoms with van der Waals surface area (Å²) in [6.45, 7) is 0.175. The smallest absolute Gasteiger partial charge is 0.255 e. The second-order valence-corrected chi connectivity index (χ2v) is 11.5. The van der Waals surface area contributed by atoms with E-state index in [2.05, 4.69) is 23.5 Å². The van der Waals surface area contributed by atoms with Crippen LogP contribution in [-0.4, -0.2) is 20.6 Å². The maximum absolute atomic E-state index is 13.1. The average Bonchev–Trinajstić information content (AvgIpc) is 3.33. The zero-order valence-corrected chi connectivity index (χ0v) is 21.3. The van der Waals surface area contributed by atoms with Gasteiger partial charge in [0.05, 0.1) is 18.5 Å². The van der Waals surface area contributed by atoms with E-state index in [-0.39, 0.29) is 12.5 Å². The van der Waals surface area contributed by atoms with Gasteiger partial charge in [0.1, 0.15) is 0 Å². The minimum absolute atomic E-state index is 0.175. The molecule has 37 heavy (non-hydrogen) atoms. The molecular weight excluding hydrogens is 480 g/mol. The van der Waals surface area contributed by atoms with E-state index in [1.54, 1.807) is 12.1 Å². The number of nitrogens with zero attached hydrogens (tertiary/aromatic N) is 1. The zero-order valence-electron chi connectivity index (χ0n) is 20.4. The van der Waals surface area contributed by atoms with E-state index in [1.165, 1.54) is 27.1 Å². The highest BCUT2D eigenvalue weighted by Crippen LogP contribution is 2.35. The van der Waals surface area contributed by atoms with Crippen LogP contribution in [0.2, 0.25) is 0 Å². The molecule has 5 aromatic rings. The summed E-state index contributed by atoms with van der Waals surface area (Å²) in [5.41, 5.74) is 5.37. The highest BCUT2D eigenvalue weighted by atomic mass is 32.2. The first-order valence-electron chi connectivity index (χ1n) is 12.3. The maximum atomic E-state index is 13.1. The Kier molecular flexibility index (Phi) is 5.69. The minimum Gasteiger partial charge on any atom is -0.321 e. The van der Waals surface area contributed by atoms with E-state index in [1.807, 2.05) is 66.7 Å². The van der Waals surface area contributed by atoms with E-state index in [0.717, 1.165) is 40.3 Å². The van der Waals surface area contributed by atoms with Gasteiger partial charge in [-0.1, -0.05) is 66.7 Å². The number of hydrogen-bond acceptors (Lipinski definition) is 3. The molecule has 5 nitrogen and oxygen atoms in total. The number of anilines is 2. The number of carbonyl (C=O) groups is 1. The standard InChI is InChI=1S/C31H26N2O3S/c1-37(35,36)33(27-17-15-22-5-2-3-6-26(22)19-27)20-21-9-11-25(12-10-21)31(34)32-29-18-16-24-14-13-23-7-4-8-28(29)30(23)24/h2-12,15-19H,13-14,20H2,1H3,(H,32,34). The summed E-state index contributed by atoms with van der Waals surface area (Å²) in [5.74, 6) is -0.195. The van der Waals surface area contributed by atoms with Crippen molar-refractivity contribution in [2.24, 2.45) is 0 Å². The second-order valence-electron chi connectivity index (χ2n) is 9.56. The number of fused-ring (bicyclic) bond motifs is 1. The van der Waals surface area contributed by atoms with Gasteiger partial charge < -0.3 is 5.32 Å². The first kappa shape index (κ1) is 23.3. The molecule has 1 amide bonds. The van der Waals surface area contributed by atoms with Crippen molar-refractivity contribution < 1.29 is 13.2 Å². The molecule has 0 spiro atoms.